The maximum atomic E-state index is 12.3. The first-order valence-electron chi connectivity index (χ1n) is 9.20. The normalized spacial score (nSPS) is 12.5. The molecule has 1 aromatic heterocycles. The molecule has 1 heterocycles. The van der Waals surface area contributed by atoms with Gasteiger partial charge in [-0.3, -0.25) is 4.79 Å². The molecule has 0 aliphatic rings. The quantitative estimate of drug-likeness (QED) is 0.614. The third-order valence-corrected chi connectivity index (χ3v) is 3.86. The fourth-order valence-corrected chi connectivity index (χ4v) is 2.47. The third kappa shape index (κ3) is 8.26. The van der Waals surface area contributed by atoms with Crippen molar-refractivity contribution in [3.8, 4) is 0 Å². The van der Waals surface area contributed by atoms with E-state index in [9.17, 15) is 9.59 Å². The van der Waals surface area contributed by atoms with E-state index in [1.807, 2.05) is 20.8 Å². The van der Waals surface area contributed by atoms with Crippen LogP contribution in [0.1, 0.15) is 78.1 Å². The number of hydrogen-bond donors (Lipinski definition) is 2. The van der Waals surface area contributed by atoms with E-state index >= 15 is 0 Å². The zero-order chi connectivity index (χ0) is 19.6. The highest BCUT2D eigenvalue weighted by molar-refractivity contribution is 5.76. The molecule has 0 saturated heterocycles. The minimum atomic E-state index is -0.504. The van der Waals surface area contributed by atoms with Crippen LogP contribution in [0.2, 0.25) is 0 Å². The van der Waals surface area contributed by atoms with E-state index in [0.717, 1.165) is 25.7 Å². The second-order valence-corrected chi connectivity index (χ2v) is 7.33. The van der Waals surface area contributed by atoms with Crippen LogP contribution in [-0.2, 0) is 9.53 Å². The van der Waals surface area contributed by atoms with E-state index in [-0.39, 0.29) is 11.9 Å². The summed E-state index contributed by atoms with van der Waals surface area (Å²) < 4.78 is 5.20. The lowest BCUT2D eigenvalue weighted by Crippen LogP contribution is -2.33. The number of hydrogen-bond acceptors (Lipinski definition) is 6. The number of carbonyl (C=O) groups excluding carboxylic acids is 2. The van der Waals surface area contributed by atoms with Crippen LogP contribution in [0.5, 0.6) is 0 Å². The Morgan fingerprint density at radius 3 is 2.58 bits per heavy atom. The van der Waals surface area contributed by atoms with E-state index in [2.05, 4.69) is 32.9 Å². The molecule has 1 atom stereocenters. The molecule has 26 heavy (non-hydrogen) atoms. The molecule has 9 nitrogen and oxygen atoms in total. The standard InChI is InChI=1S/C17H32N6O3/c1-6-7-11-14(24)23(5)13(15-19-21-22-20-15)10-8-9-12-18-16(25)26-17(2,3)4/h13H,6-12H2,1-5H3,(H,18,25)(H,19,20,21,22)/t13-/m0/s1. The molecule has 148 valence electrons. The molecule has 0 fully saturated rings. The fourth-order valence-electron chi connectivity index (χ4n) is 2.47. The lowest BCUT2D eigenvalue weighted by molar-refractivity contribution is -0.132. The maximum Gasteiger partial charge on any atom is 0.407 e. The summed E-state index contributed by atoms with van der Waals surface area (Å²) in [6, 6.07) is -0.198. The molecular formula is C17H32N6O3. The predicted octanol–water partition coefficient (Wildman–Crippen LogP) is 2.58. The van der Waals surface area contributed by atoms with Crippen molar-refractivity contribution in [1.29, 1.82) is 0 Å². The molecule has 0 aliphatic heterocycles. The number of tetrazole rings is 1. The van der Waals surface area contributed by atoms with Gasteiger partial charge in [0, 0.05) is 20.0 Å². The average Bonchev–Trinajstić information content (AvgIpc) is 3.07. The Labute approximate surface area is 155 Å². The first-order chi connectivity index (χ1) is 12.2. The summed E-state index contributed by atoms with van der Waals surface area (Å²) in [5.74, 6) is 0.664. The SMILES string of the molecule is CCCCC(=O)N(C)[C@@H](CCCCNC(=O)OC(C)(C)C)c1nnn[nH]1. The van der Waals surface area contributed by atoms with Crippen molar-refractivity contribution in [1.82, 2.24) is 30.8 Å². The molecule has 0 spiro atoms. The van der Waals surface area contributed by atoms with Gasteiger partial charge >= 0.3 is 6.09 Å². The van der Waals surface area contributed by atoms with E-state index in [1.165, 1.54) is 0 Å². The van der Waals surface area contributed by atoms with Gasteiger partial charge < -0.3 is 15.0 Å². The second-order valence-electron chi connectivity index (χ2n) is 7.33. The molecule has 0 radical (unpaired) electrons. The van der Waals surface area contributed by atoms with Crippen LogP contribution in [0.4, 0.5) is 4.79 Å². The lowest BCUT2D eigenvalue weighted by Gasteiger charge is -2.26. The smallest absolute Gasteiger partial charge is 0.407 e. The van der Waals surface area contributed by atoms with E-state index in [0.29, 0.717) is 25.2 Å². The molecule has 0 aliphatic carbocycles. The summed E-state index contributed by atoms with van der Waals surface area (Å²) in [5.41, 5.74) is -0.504. The van der Waals surface area contributed by atoms with E-state index in [4.69, 9.17) is 4.74 Å². The Morgan fingerprint density at radius 1 is 1.27 bits per heavy atom. The summed E-state index contributed by atoms with van der Waals surface area (Å²) in [6.07, 6.45) is 4.24. The van der Waals surface area contributed by atoms with Gasteiger partial charge in [0.2, 0.25) is 5.91 Å². The predicted molar refractivity (Wildman–Crippen MR) is 97.3 cm³/mol. The second kappa shape index (κ2) is 10.7. The molecule has 1 aromatic rings. The number of carbonyl (C=O) groups is 2. The summed E-state index contributed by atoms with van der Waals surface area (Å²) >= 11 is 0. The van der Waals surface area contributed by atoms with Gasteiger partial charge in [-0.2, -0.15) is 0 Å². The summed E-state index contributed by atoms with van der Waals surface area (Å²) in [6.45, 7) is 8.06. The summed E-state index contributed by atoms with van der Waals surface area (Å²) in [7, 11) is 1.78. The topological polar surface area (TPSA) is 113 Å². The van der Waals surface area contributed by atoms with Crippen LogP contribution in [-0.4, -0.2) is 56.7 Å². The van der Waals surface area contributed by atoms with Crippen molar-refractivity contribution in [3.63, 3.8) is 0 Å². The fraction of sp³-hybridized carbons (Fsp3) is 0.824. The minimum Gasteiger partial charge on any atom is -0.444 e. The zero-order valence-corrected chi connectivity index (χ0v) is 16.5. The number of aromatic amines is 1. The zero-order valence-electron chi connectivity index (χ0n) is 16.5. The molecule has 0 bridgehead atoms. The number of aromatic nitrogens is 4. The number of amides is 2. The van der Waals surface area contributed by atoms with Gasteiger partial charge in [-0.25, -0.2) is 9.89 Å². The van der Waals surface area contributed by atoms with Crippen LogP contribution in [0.25, 0.3) is 0 Å². The van der Waals surface area contributed by atoms with Crippen molar-refractivity contribution < 1.29 is 14.3 Å². The van der Waals surface area contributed by atoms with Crippen molar-refractivity contribution in [3.05, 3.63) is 5.82 Å². The molecule has 9 heteroatoms. The van der Waals surface area contributed by atoms with Crippen LogP contribution < -0.4 is 5.32 Å². The number of H-pyrrole nitrogens is 1. The highest BCUT2D eigenvalue weighted by Gasteiger charge is 2.24. The molecule has 0 aromatic carbocycles. The Kier molecular flexibility index (Phi) is 9.01. The molecular weight excluding hydrogens is 336 g/mol. The van der Waals surface area contributed by atoms with Gasteiger partial charge in [0.05, 0.1) is 6.04 Å². The summed E-state index contributed by atoms with van der Waals surface area (Å²) in [5, 5.41) is 16.7. The van der Waals surface area contributed by atoms with Gasteiger partial charge in [-0.15, -0.1) is 5.10 Å². The average molecular weight is 368 g/mol. The number of ether oxygens (including phenoxy) is 1. The number of alkyl carbamates (subject to hydrolysis) is 1. The lowest BCUT2D eigenvalue weighted by atomic mass is 10.1. The highest BCUT2D eigenvalue weighted by Crippen LogP contribution is 2.22. The Morgan fingerprint density at radius 2 is 2.00 bits per heavy atom. The Bertz CT molecular complexity index is 541. The first kappa shape index (κ1) is 21.9. The van der Waals surface area contributed by atoms with E-state index in [1.54, 1.807) is 11.9 Å². The van der Waals surface area contributed by atoms with Crippen molar-refractivity contribution in [2.45, 2.75) is 77.9 Å². The van der Waals surface area contributed by atoms with Gasteiger partial charge in [-0.1, -0.05) is 13.3 Å². The van der Waals surface area contributed by atoms with Gasteiger partial charge in [0.15, 0.2) is 5.82 Å². The van der Waals surface area contributed by atoms with Crippen LogP contribution >= 0.6 is 0 Å². The first-order valence-corrected chi connectivity index (χ1v) is 9.20. The van der Waals surface area contributed by atoms with E-state index < -0.39 is 11.7 Å². The van der Waals surface area contributed by atoms with Gasteiger partial charge in [0.1, 0.15) is 5.60 Å². The van der Waals surface area contributed by atoms with Crippen LogP contribution in [0.15, 0.2) is 0 Å². The van der Waals surface area contributed by atoms with Crippen LogP contribution in [0.3, 0.4) is 0 Å². The van der Waals surface area contributed by atoms with Crippen molar-refractivity contribution in [2.24, 2.45) is 0 Å². The Balaban J connectivity index is 2.45. The molecule has 2 N–H and O–H groups in total. The largest absolute Gasteiger partial charge is 0.444 e. The van der Waals surface area contributed by atoms with Gasteiger partial charge in [-0.05, 0) is 56.9 Å². The highest BCUT2D eigenvalue weighted by atomic mass is 16.6. The number of rotatable bonds is 10. The van der Waals surface area contributed by atoms with Crippen molar-refractivity contribution >= 4 is 12.0 Å². The number of nitrogens with zero attached hydrogens (tertiary/aromatic N) is 4. The third-order valence-electron chi connectivity index (χ3n) is 3.86. The van der Waals surface area contributed by atoms with Crippen LogP contribution in [0, 0.1) is 0 Å². The molecule has 0 unspecified atom stereocenters. The molecule has 1 rings (SSSR count). The number of nitrogens with one attached hydrogen (secondary N) is 2. The Hall–Kier alpha value is -2.19. The molecule has 0 saturated carbocycles. The minimum absolute atomic E-state index is 0.0835. The van der Waals surface area contributed by atoms with Gasteiger partial charge in [0.25, 0.3) is 0 Å². The maximum absolute atomic E-state index is 12.3. The number of unbranched alkanes of at least 4 members (excludes halogenated alkanes) is 2. The summed E-state index contributed by atoms with van der Waals surface area (Å²) in [4.78, 5) is 25.6. The van der Waals surface area contributed by atoms with Crippen molar-refractivity contribution in [2.75, 3.05) is 13.6 Å². The molecule has 2 amide bonds. The monoisotopic (exact) mass is 368 g/mol.